The van der Waals surface area contributed by atoms with Gasteiger partial charge in [-0.25, -0.2) is 0 Å². The van der Waals surface area contributed by atoms with Gasteiger partial charge in [0.15, 0.2) is 0 Å². The second-order valence-corrected chi connectivity index (χ2v) is 6.36. The minimum atomic E-state index is -0.509. The Morgan fingerprint density at radius 2 is 1.96 bits per heavy atom. The van der Waals surface area contributed by atoms with Crippen molar-refractivity contribution in [3.8, 4) is 0 Å². The number of nitrogens with zero attached hydrogens (tertiary/aromatic N) is 2. The van der Waals surface area contributed by atoms with Crippen molar-refractivity contribution in [1.82, 2.24) is 15.5 Å². The SMILES string of the molecule is CCNC(=O)[C@H](C)NC(=O)CN1CCN(c2cccc(Cl)c2)CC1. The Morgan fingerprint density at radius 1 is 1.25 bits per heavy atom. The molecule has 0 radical (unpaired) electrons. The van der Waals surface area contributed by atoms with E-state index >= 15 is 0 Å². The molecule has 0 saturated carbocycles. The van der Waals surface area contributed by atoms with Crippen molar-refractivity contribution >= 4 is 29.1 Å². The molecular formula is C17H25ClN4O2. The van der Waals surface area contributed by atoms with Gasteiger partial charge in [0.05, 0.1) is 6.54 Å². The molecule has 1 saturated heterocycles. The number of halogens is 1. The number of piperazine rings is 1. The molecule has 1 aromatic rings. The maximum Gasteiger partial charge on any atom is 0.242 e. The van der Waals surface area contributed by atoms with Crippen LogP contribution in [0.3, 0.4) is 0 Å². The molecule has 0 spiro atoms. The topological polar surface area (TPSA) is 64.7 Å². The van der Waals surface area contributed by atoms with Crippen molar-refractivity contribution in [2.45, 2.75) is 19.9 Å². The lowest BCUT2D eigenvalue weighted by Crippen LogP contribution is -2.52. The number of amides is 2. The van der Waals surface area contributed by atoms with Gasteiger partial charge in [0, 0.05) is 43.4 Å². The summed E-state index contributed by atoms with van der Waals surface area (Å²) < 4.78 is 0. The van der Waals surface area contributed by atoms with E-state index in [1.807, 2.05) is 31.2 Å². The first-order valence-corrected chi connectivity index (χ1v) is 8.67. The molecule has 24 heavy (non-hydrogen) atoms. The van der Waals surface area contributed by atoms with Crippen molar-refractivity contribution < 1.29 is 9.59 Å². The summed E-state index contributed by atoms with van der Waals surface area (Å²) in [5, 5.41) is 6.17. The van der Waals surface area contributed by atoms with Crippen LogP contribution in [0.2, 0.25) is 5.02 Å². The molecule has 1 aliphatic rings. The first-order chi connectivity index (χ1) is 11.5. The summed E-state index contributed by atoms with van der Waals surface area (Å²) in [6.07, 6.45) is 0. The number of benzene rings is 1. The van der Waals surface area contributed by atoms with Crippen molar-refractivity contribution in [2.75, 3.05) is 44.2 Å². The van der Waals surface area contributed by atoms with Crippen molar-refractivity contribution in [2.24, 2.45) is 0 Å². The molecule has 2 N–H and O–H groups in total. The number of likely N-dealkylation sites (N-methyl/N-ethyl adjacent to an activating group) is 1. The molecule has 2 amide bonds. The van der Waals surface area contributed by atoms with Crippen LogP contribution in [0.25, 0.3) is 0 Å². The lowest BCUT2D eigenvalue weighted by Gasteiger charge is -2.35. The van der Waals surface area contributed by atoms with Gasteiger partial charge in [-0.3, -0.25) is 14.5 Å². The van der Waals surface area contributed by atoms with Gasteiger partial charge in [0.2, 0.25) is 11.8 Å². The molecule has 0 aromatic heterocycles. The zero-order valence-electron chi connectivity index (χ0n) is 14.2. The minimum Gasteiger partial charge on any atom is -0.369 e. The quantitative estimate of drug-likeness (QED) is 0.804. The standard InChI is InChI=1S/C17H25ClN4O2/c1-3-19-17(24)13(2)20-16(23)12-21-7-9-22(10-8-21)15-6-4-5-14(18)11-15/h4-6,11,13H,3,7-10,12H2,1-2H3,(H,19,24)(H,20,23)/t13-/m0/s1. The molecule has 1 aliphatic heterocycles. The Kier molecular flexibility index (Phi) is 6.87. The third-order valence-corrected chi connectivity index (χ3v) is 4.27. The van der Waals surface area contributed by atoms with Crippen LogP contribution in [-0.4, -0.2) is 62.0 Å². The smallest absolute Gasteiger partial charge is 0.242 e. The highest BCUT2D eigenvalue weighted by molar-refractivity contribution is 6.30. The highest BCUT2D eigenvalue weighted by atomic mass is 35.5. The van der Waals surface area contributed by atoms with Crippen LogP contribution >= 0.6 is 11.6 Å². The Hall–Kier alpha value is -1.79. The van der Waals surface area contributed by atoms with Crippen molar-refractivity contribution in [3.05, 3.63) is 29.3 Å². The first-order valence-electron chi connectivity index (χ1n) is 8.29. The molecule has 1 heterocycles. The summed E-state index contributed by atoms with van der Waals surface area (Å²) in [5.74, 6) is -0.276. The molecule has 0 aliphatic carbocycles. The molecule has 2 rings (SSSR count). The van der Waals surface area contributed by atoms with Gasteiger partial charge in [-0.15, -0.1) is 0 Å². The maximum absolute atomic E-state index is 12.1. The number of hydrogen-bond acceptors (Lipinski definition) is 4. The average molecular weight is 353 g/mol. The highest BCUT2D eigenvalue weighted by Gasteiger charge is 2.21. The summed E-state index contributed by atoms with van der Waals surface area (Å²) in [5.41, 5.74) is 1.11. The lowest BCUT2D eigenvalue weighted by atomic mass is 10.2. The van der Waals surface area contributed by atoms with E-state index in [1.165, 1.54) is 0 Å². The Morgan fingerprint density at radius 3 is 2.58 bits per heavy atom. The monoisotopic (exact) mass is 352 g/mol. The molecule has 132 valence electrons. The van der Waals surface area contributed by atoms with E-state index < -0.39 is 6.04 Å². The van der Waals surface area contributed by atoms with E-state index in [1.54, 1.807) is 6.92 Å². The second-order valence-electron chi connectivity index (χ2n) is 5.93. The zero-order valence-corrected chi connectivity index (χ0v) is 15.0. The first kappa shape index (κ1) is 18.5. The summed E-state index contributed by atoms with van der Waals surface area (Å²) >= 11 is 6.04. The van der Waals surface area contributed by atoms with Gasteiger partial charge >= 0.3 is 0 Å². The highest BCUT2D eigenvalue weighted by Crippen LogP contribution is 2.20. The fourth-order valence-corrected chi connectivity index (χ4v) is 2.90. The molecule has 0 unspecified atom stereocenters. The van der Waals surface area contributed by atoms with Gasteiger partial charge in [-0.05, 0) is 32.0 Å². The maximum atomic E-state index is 12.1. The van der Waals surface area contributed by atoms with Crippen molar-refractivity contribution in [3.63, 3.8) is 0 Å². The Labute approximate surface area is 148 Å². The van der Waals surface area contributed by atoms with Gasteiger partial charge in [-0.2, -0.15) is 0 Å². The summed E-state index contributed by atoms with van der Waals surface area (Å²) in [6, 6.07) is 7.30. The van der Waals surface area contributed by atoms with E-state index in [4.69, 9.17) is 11.6 Å². The van der Waals surface area contributed by atoms with E-state index in [0.29, 0.717) is 13.1 Å². The number of carbonyl (C=O) groups excluding carboxylic acids is 2. The largest absolute Gasteiger partial charge is 0.369 e. The molecule has 6 nitrogen and oxygen atoms in total. The van der Waals surface area contributed by atoms with E-state index in [9.17, 15) is 9.59 Å². The van der Waals surface area contributed by atoms with E-state index in [2.05, 4.69) is 20.4 Å². The molecule has 0 bridgehead atoms. The third kappa shape index (κ3) is 5.39. The summed E-state index contributed by atoms with van der Waals surface area (Å²) in [7, 11) is 0. The Balaban J connectivity index is 1.76. The van der Waals surface area contributed by atoms with Crippen LogP contribution in [0.1, 0.15) is 13.8 Å². The van der Waals surface area contributed by atoms with Crippen LogP contribution in [-0.2, 0) is 9.59 Å². The average Bonchev–Trinajstić information content (AvgIpc) is 2.55. The van der Waals surface area contributed by atoms with Gasteiger partial charge in [0.25, 0.3) is 0 Å². The van der Waals surface area contributed by atoms with Crippen LogP contribution < -0.4 is 15.5 Å². The normalized spacial score (nSPS) is 16.5. The fraction of sp³-hybridized carbons (Fsp3) is 0.529. The Bertz CT molecular complexity index is 573. The molecule has 1 aromatic carbocycles. The number of rotatable bonds is 6. The predicted molar refractivity (Wildman–Crippen MR) is 96.4 cm³/mol. The van der Waals surface area contributed by atoms with Crippen LogP contribution in [0.4, 0.5) is 5.69 Å². The van der Waals surface area contributed by atoms with Gasteiger partial charge < -0.3 is 15.5 Å². The predicted octanol–water partition coefficient (Wildman–Crippen LogP) is 1.10. The van der Waals surface area contributed by atoms with Gasteiger partial charge in [-0.1, -0.05) is 17.7 Å². The number of hydrogen-bond donors (Lipinski definition) is 2. The summed E-state index contributed by atoms with van der Waals surface area (Å²) in [4.78, 5) is 28.1. The lowest BCUT2D eigenvalue weighted by molar-refractivity contribution is -0.129. The summed E-state index contributed by atoms with van der Waals surface area (Å²) in [6.45, 7) is 7.72. The van der Waals surface area contributed by atoms with Crippen LogP contribution in [0, 0.1) is 0 Å². The van der Waals surface area contributed by atoms with E-state index in [-0.39, 0.29) is 11.8 Å². The molecule has 7 heteroatoms. The molecule has 1 atom stereocenters. The number of nitrogens with one attached hydrogen (secondary N) is 2. The molecular weight excluding hydrogens is 328 g/mol. The van der Waals surface area contributed by atoms with E-state index in [0.717, 1.165) is 36.9 Å². The third-order valence-electron chi connectivity index (χ3n) is 4.03. The second kappa shape index (κ2) is 8.89. The fourth-order valence-electron chi connectivity index (χ4n) is 2.72. The zero-order chi connectivity index (χ0) is 17.5. The minimum absolute atomic E-state index is 0.120. The van der Waals surface area contributed by atoms with Crippen molar-refractivity contribution in [1.29, 1.82) is 0 Å². The van der Waals surface area contributed by atoms with Crippen LogP contribution in [0.5, 0.6) is 0 Å². The van der Waals surface area contributed by atoms with Gasteiger partial charge in [0.1, 0.15) is 6.04 Å². The number of anilines is 1. The molecule has 1 fully saturated rings. The number of carbonyl (C=O) groups is 2. The van der Waals surface area contributed by atoms with Crippen LogP contribution in [0.15, 0.2) is 24.3 Å².